The predicted octanol–water partition coefficient (Wildman–Crippen LogP) is 4.11. The summed E-state index contributed by atoms with van der Waals surface area (Å²) in [5.41, 5.74) is 2.59. The van der Waals surface area contributed by atoms with Crippen LogP contribution in [0.5, 0.6) is 0 Å². The molecular formula is C19H17FN2O. The van der Waals surface area contributed by atoms with Gasteiger partial charge in [0, 0.05) is 35.2 Å². The Morgan fingerprint density at radius 3 is 2.78 bits per heavy atom. The molecule has 23 heavy (non-hydrogen) atoms. The summed E-state index contributed by atoms with van der Waals surface area (Å²) in [4.78, 5) is 17.9. The SMILES string of the molecule is O=C(c1cccc(F)c1)N(Cc1cccc2[nH]ccc12)C1CC1. The summed E-state index contributed by atoms with van der Waals surface area (Å²) in [7, 11) is 0. The lowest BCUT2D eigenvalue weighted by atomic mass is 10.1. The average molecular weight is 308 g/mol. The highest BCUT2D eigenvalue weighted by molar-refractivity contribution is 5.95. The molecule has 1 heterocycles. The highest BCUT2D eigenvalue weighted by Gasteiger charge is 2.33. The Kier molecular flexibility index (Phi) is 3.37. The first kappa shape index (κ1) is 14.0. The van der Waals surface area contributed by atoms with Crippen LogP contribution in [0, 0.1) is 5.82 Å². The first-order chi connectivity index (χ1) is 11.2. The van der Waals surface area contributed by atoms with Crippen LogP contribution in [0.2, 0.25) is 0 Å². The normalized spacial score (nSPS) is 14.1. The molecule has 1 fully saturated rings. The van der Waals surface area contributed by atoms with Crippen molar-refractivity contribution in [3.63, 3.8) is 0 Å². The molecule has 1 aliphatic carbocycles. The number of hydrogen-bond donors (Lipinski definition) is 1. The molecule has 0 bridgehead atoms. The van der Waals surface area contributed by atoms with Crippen LogP contribution in [-0.2, 0) is 6.54 Å². The summed E-state index contributed by atoms with van der Waals surface area (Å²) in [5.74, 6) is -0.473. The van der Waals surface area contributed by atoms with Crippen molar-refractivity contribution >= 4 is 16.8 Å². The zero-order valence-corrected chi connectivity index (χ0v) is 12.6. The van der Waals surface area contributed by atoms with Gasteiger partial charge in [-0.2, -0.15) is 0 Å². The number of amides is 1. The molecule has 4 rings (SSSR count). The van der Waals surface area contributed by atoms with Crippen molar-refractivity contribution in [2.24, 2.45) is 0 Å². The van der Waals surface area contributed by atoms with Crippen LogP contribution in [0.3, 0.4) is 0 Å². The number of benzene rings is 2. The lowest BCUT2D eigenvalue weighted by Gasteiger charge is -2.23. The Morgan fingerprint density at radius 2 is 2.00 bits per heavy atom. The molecule has 1 N–H and O–H groups in total. The van der Waals surface area contributed by atoms with Crippen LogP contribution in [0.15, 0.2) is 54.7 Å². The zero-order chi connectivity index (χ0) is 15.8. The lowest BCUT2D eigenvalue weighted by Crippen LogP contribution is -2.32. The second-order valence-electron chi connectivity index (χ2n) is 6.03. The number of nitrogens with zero attached hydrogens (tertiary/aromatic N) is 1. The number of carbonyl (C=O) groups is 1. The van der Waals surface area contributed by atoms with Gasteiger partial charge in [-0.15, -0.1) is 0 Å². The number of aromatic amines is 1. The van der Waals surface area contributed by atoms with Crippen molar-refractivity contribution in [2.45, 2.75) is 25.4 Å². The second-order valence-corrected chi connectivity index (χ2v) is 6.03. The highest BCUT2D eigenvalue weighted by atomic mass is 19.1. The number of H-pyrrole nitrogens is 1. The minimum absolute atomic E-state index is 0.0976. The minimum Gasteiger partial charge on any atom is -0.361 e. The van der Waals surface area contributed by atoms with Crippen molar-refractivity contribution in [1.82, 2.24) is 9.88 Å². The van der Waals surface area contributed by atoms with Gasteiger partial charge in [-0.3, -0.25) is 4.79 Å². The molecule has 0 radical (unpaired) electrons. The molecule has 2 aromatic carbocycles. The van der Waals surface area contributed by atoms with Crippen molar-refractivity contribution in [3.05, 3.63) is 71.7 Å². The molecule has 3 nitrogen and oxygen atoms in total. The Balaban J connectivity index is 1.66. The van der Waals surface area contributed by atoms with E-state index >= 15 is 0 Å². The summed E-state index contributed by atoms with van der Waals surface area (Å²) in [6.45, 7) is 0.551. The van der Waals surface area contributed by atoms with Gasteiger partial charge in [0.05, 0.1) is 0 Å². The first-order valence-electron chi connectivity index (χ1n) is 7.84. The fourth-order valence-corrected chi connectivity index (χ4v) is 3.01. The maximum absolute atomic E-state index is 13.4. The molecule has 0 unspecified atom stereocenters. The molecule has 3 aromatic rings. The van der Waals surface area contributed by atoms with Gasteiger partial charge in [-0.05, 0) is 48.7 Å². The van der Waals surface area contributed by atoms with E-state index in [-0.39, 0.29) is 17.8 Å². The molecule has 1 aromatic heterocycles. The molecule has 0 spiro atoms. The van der Waals surface area contributed by atoms with Gasteiger partial charge in [-0.1, -0.05) is 18.2 Å². The number of halogens is 1. The van der Waals surface area contributed by atoms with E-state index in [2.05, 4.69) is 4.98 Å². The van der Waals surface area contributed by atoms with Crippen LogP contribution < -0.4 is 0 Å². The van der Waals surface area contributed by atoms with Gasteiger partial charge in [-0.25, -0.2) is 4.39 Å². The number of rotatable bonds is 4. The summed E-state index contributed by atoms with van der Waals surface area (Å²) < 4.78 is 13.4. The third-order valence-electron chi connectivity index (χ3n) is 4.35. The smallest absolute Gasteiger partial charge is 0.254 e. The second kappa shape index (κ2) is 5.54. The standard InChI is InChI=1S/C19H17FN2O/c20-15-5-1-3-13(11-15)19(23)22(16-7-8-16)12-14-4-2-6-18-17(14)9-10-21-18/h1-6,9-11,16,21H,7-8,12H2. The van der Waals surface area contributed by atoms with Crippen molar-refractivity contribution in [1.29, 1.82) is 0 Å². The number of hydrogen-bond acceptors (Lipinski definition) is 1. The quantitative estimate of drug-likeness (QED) is 0.773. The molecule has 0 saturated heterocycles. The van der Waals surface area contributed by atoms with Gasteiger partial charge >= 0.3 is 0 Å². The summed E-state index contributed by atoms with van der Waals surface area (Å²) >= 11 is 0. The summed E-state index contributed by atoms with van der Waals surface area (Å²) in [5, 5.41) is 1.13. The van der Waals surface area contributed by atoms with E-state index in [0.717, 1.165) is 29.3 Å². The predicted molar refractivity (Wildman–Crippen MR) is 87.6 cm³/mol. The van der Waals surface area contributed by atoms with Crippen LogP contribution >= 0.6 is 0 Å². The highest BCUT2D eigenvalue weighted by Crippen LogP contribution is 2.31. The number of aromatic nitrogens is 1. The number of fused-ring (bicyclic) bond motifs is 1. The molecule has 116 valence electrons. The largest absolute Gasteiger partial charge is 0.361 e. The average Bonchev–Trinajstić information content (AvgIpc) is 3.28. The Morgan fingerprint density at radius 1 is 1.17 bits per heavy atom. The van der Waals surface area contributed by atoms with E-state index in [1.807, 2.05) is 35.4 Å². The van der Waals surface area contributed by atoms with E-state index in [0.29, 0.717) is 12.1 Å². The van der Waals surface area contributed by atoms with E-state index in [1.54, 1.807) is 12.1 Å². The Hall–Kier alpha value is -2.62. The van der Waals surface area contributed by atoms with Crippen LogP contribution in [0.1, 0.15) is 28.8 Å². The Labute approximate surface area is 133 Å². The zero-order valence-electron chi connectivity index (χ0n) is 12.6. The van der Waals surface area contributed by atoms with Gasteiger partial charge in [0.2, 0.25) is 0 Å². The molecule has 0 atom stereocenters. The van der Waals surface area contributed by atoms with Crippen molar-refractivity contribution in [2.75, 3.05) is 0 Å². The minimum atomic E-state index is -0.376. The van der Waals surface area contributed by atoms with Gasteiger partial charge in [0.1, 0.15) is 5.82 Å². The molecule has 1 amide bonds. The van der Waals surface area contributed by atoms with Gasteiger partial charge in [0.25, 0.3) is 5.91 Å². The fourth-order valence-electron chi connectivity index (χ4n) is 3.01. The van der Waals surface area contributed by atoms with E-state index in [4.69, 9.17) is 0 Å². The summed E-state index contributed by atoms with van der Waals surface area (Å²) in [6.07, 6.45) is 3.94. The fraction of sp³-hybridized carbons (Fsp3) is 0.211. The molecule has 0 aliphatic heterocycles. The van der Waals surface area contributed by atoms with E-state index in [1.165, 1.54) is 12.1 Å². The van der Waals surface area contributed by atoms with E-state index < -0.39 is 0 Å². The Bertz CT molecular complexity index is 866. The first-order valence-corrected chi connectivity index (χ1v) is 7.84. The number of carbonyl (C=O) groups excluding carboxylic acids is 1. The maximum Gasteiger partial charge on any atom is 0.254 e. The monoisotopic (exact) mass is 308 g/mol. The third kappa shape index (κ3) is 2.72. The van der Waals surface area contributed by atoms with E-state index in [9.17, 15) is 9.18 Å². The topological polar surface area (TPSA) is 36.1 Å². The lowest BCUT2D eigenvalue weighted by molar-refractivity contribution is 0.0730. The van der Waals surface area contributed by atoms with Crippen molar-refractivity contribution < 1.29 is 9.18 Å². The molecular weight excluding hydrogens is 291 g/mol. The maximum atomic E-state index is 13.4. The number of nitrogens with one attached hydrogen (secondary N) is 1. The van der Waals surface area contributed by atoms with Crippen LogP contribution in [-0.4, -0.2) is 21.8 Å². The van der Waals surface area contributed by atoms with Crippen molar-refractivity contribution in [3.8, 4) is 0 Å². The van der Waals surface area contributed by atoms with Gasteiger partial charge < -0.3 is 9.88 Å². The third-order valence-corrected chi connectivity index (χ3v) is 4.35. The van der Waals surface area contributed by atoms with Crippen LogP contribution in [0.25, 0.3) is 10.9 Å². The molecule has 4 heteroatoms. The van der Waals surface area contributed by atoms with Crippen LogP contribution in [0.4, 0.5) is 4.39 Å². The summed E-state index contributed by atoms with van der Waals surface area (Å²) in [6, 6.07) is 14.3. The van der Waals surface area contributed by atoms with Gasteiger partial charge in [0.15, 0.2) is 0 Å². The molecule has 1 aliphatic rings. The molecule has 1 saturated carbocycles.